The number of rotatable bonds is 2. The SMILES string of the molecule is O=C1c2ccc(-c3ccccc3)cc2C(=O)C1c1nc2ccccc2cc1O. The van der Waals surface area contributed by atoms with Crippen molar-refractivity contribution in [2.24, 2.45) is 0 Å². The van der Waals surface area contributed by atoms with E-state index in [4.69, 9.17) is 0 Å². The van der Waals surface area contributed by atoms with Crippen LogP contribution in [0.4, 0.5) is 0 Å². The maximum atomic E-state index is 13.1. The Kier molecular flexibility index (Phi) is 3.59. The monoisotopic (exact) mass is 365 g/mol. The highest BCUT2D eigenvalue weighted by atomic mass is 16.3. The molecule has 3 aromatic carbocycles. The Labute approximate surface area is 161 Å². The molecule has 0 spiro atoms. The van der Waals surface area contributed by atoms with E-state index in [1.165, 1.54) is 0 Å². The fraction of sp³-hybridized carbons (Fsp3) is 0.0417. The van der Waals surface area contributed by atoms with Gasteiger partial charge in [-0.2, -0.15) is 0 Å². The van der Waals surface area contributed by atoms with Crippen LogP contribution in [0.1, 0.15) is 32.3 Å². The van der Waals surface area contributed by atoms with Crippen molar-refractivity contribution in [3.05, 3.63) is 95.7 Å². The van der Waals surface area contributed by atoms with Crippen LogP contribution < -0.4 is 0 Å². The average molecular weight is 365 g/mol. The van der Waals surface area contributed by atoms with Crippen molar-refractivity contribution in [3.63, 3.8) is 0 Å². The first-order valence-corrected chi connectivity index (χ1v) is 9.00. The predicted molar refractivity (Wildman–Crippen MR) is 107 cm³/mol. The third-order valence-electron chi connectivity index (χ3n) is 5.19. The van der Waals surface area contributed by atoms with E-state index in [1.807, 2.05) is 54.6 Å². The van der Waals surface area contributed by atoms with Crippen molar-refractivity contribution in [1.29, 1.82) is 0 Å². The predicted octanol–water partition coefficient (Wildman–Crippen LogP) is 4.77. The number of aromatic nitrogens is 1. The van der Waals surface area contributed by atoms with E-state index in [9.17, 15) is 14.7 Å². The first kappa shape index (κ1) is 16.4. The first-order valence-electron chi connectivity index (χ1n) is 9.00. The molecule has 1 N–H and O–H groups in total. The van der Waals surface area contributed by atoms with Crippen LogP contribution in [0.3, 0.4) is 0 Å². The quantitative estimate of drug-likeness (QED) is 0.520. The number of aromatic hydroxyl groups is 1. The van der Waals surface area contributed by atoms with E-state index >= 15 is 0 Å². The molecule has 4 aromatic rings. The molecule has 4 nitrogen and oxygen atoms in total. The van der Waals surface area contributed by atoms with Crippen LogP contribution in [0.15, 0.2) is 78.9 Å². The van der Waals surface area contributed by atoms with Crippen molar-refractivity contribution >= 4 is 22.5 Å². The normalized spacial score (nSPS) is 15.8. The van der Waals surface area contributed by atoms with Gasteiger partial charge in [0, 0.05) is 16.5 Å². The molecule has 1 aromatic heterocycles. The zero-order chi connectivity index (χ0) is 19.3. The maximum Gasteiger partial charge on any atom is 0.180 e. The van der Waals surface area contributed by atoms with E-state index in [-0.39, 0.29) is 23.0 Å². The number of Topliss-reactive ketones (excluding diaryl/α,β-unsaturated/α-hetero) is 2. The number of para-hydroxylation sites is 1. The minimum atomic E-state index is -1.11. The molecule has 0 fully saturated rings. The van der Waals surface area contributed by atoms with Gasteiger partial charge in [0.2, 0.25) is 0 Å². The molecule has 0 saturated carbocycles. The number of pyridine rings is 1. The highest BCUT2D eigenvalue weighted by Crippen LogP contribution is 2.39. The summed E-state index contributed by atoms with van der Waals surface area (Å²) in [6.07, 6.45) is 0. The molecule has 5 rings (SSSR count). The highest BCUT2D eigenvalue weighted by molar-refractivity contribution is 6.30. The first-order chi connectivity index (χ1) is 13.6. The molecule has 0 amide bonds. The van der Waals surface area contributed by atoms with Gasteiger partial charge < -0.3 is 5.11 Å². The number of hydrogen-bond donors (Lipinski definition) is 1. The van der Waals surface area contributed by atoms with Crippen LogP contribution in [0.5, 0.6) is 5.75 Å². The molecule has 1 heterocycles. The van der Waals surface area contributed by atoms with E-state index in [0.29, 0.717) is 16.6 Å². The van der Waals surface area contributed by atoms with Crippen molar-refractivity contribution in [1.82, 2.24) is 4.98 Å². The average Bonchev–Trinajstić information content (AvgIpc) is 2.98. The van der Waals surface area contributed by atoms with Crippen molar-refractivity contribution in [3.8, 4) is 16.9 Å². The number of ketones is 2. The van der Waals surface area contributed by atoms with Crippen LogP contribution in [0.2, 0.25) is 0 Å². The summed E-state index contributed by atoms with van der Waals surface area (Å²) in [5.41, 5.74) is 3.36. The zero-order valence-corrected chi connectivity index (χ0v) is 14.8. The van der Waals surface area contributed by atoms with Crippen molar-refractivity contribution in [2.75, 3.05) is 0 Å². The van der Waals surface area contributed by atoms with Gasteiger partial charge in [-0.15, -0.1) is 0 Å². The van der Waals surface area contributed by atoms with Gasteiger partial charge in [0.25, 0.3) is 0 Å². The van der Waals surface area contributed by atoms with Crippen LogP contribution in [-0.2, 0) is 0 Å². The summed E-state index contributed by atoms with van der Waals surface area (Å²) in [4.78, 5) is 30.5. The molecule has 134 valence electrons. The lowest BCUT2D eigenvalue weighted by Gasteiger charge is -2.10. The Balaban J connectivity index is 1.62. The molecular weight excluding hydrogens is 350 g/mol. The molecule has 1 atom stereocenters. The summed E-state index contributed by atoms with van der Waals surface area (Å²) in [6.45, 7) is 0. The van der Waals surface area contributed by atoms with Gasteiger partial charge in [0.15, 0.2) is 11.6 Å². The Bertz CT molecular complexity index is 1260. The van der Waals surface area contributed by atoms with Gasteiger partial charge in [0.1, 0.15) is 17.4 Å². The lowest BCUT2D eigenvalue weighted by Crippen LogP contribution is -2.14. The van der Waals surface area contributed by atoms with E-state index in [2.05, 4.69) is 4.98 Å². The Hall–Kier alpha value is -3.79. The molecule has 0 aliphatic heterocycles. The van der Waals surface area contributed by atoms with Gasteiger partial charge in [-0.1, -0.05) is 60.7 Å². The number of fused-ring (bicyclic) bond motifs is 2. The zero-order valence-electron chi connectivity index (χ0n) is 14.8. The van der Waals surface area contributed by atoms with Gasteiger partial charge in [-0.25, -0.2) is 4.98 Å². The minimum Gasteiger partial charge on any atom is -0.506 e. The van der Waals surface area contributed by atoms with Crippen molar-refractivity contribution in [2.45, 2.75) is 5.92 Å². The van der Waals surface area contributed by atoms with Crippen LogP contribution in [-0.4, -0.2) is 21.7 Å². The number of benzene rings is 3. The number of nitrogens with zero attached hydrogens (tertiary/aromatic N) is 1. The van der Waals surface area contributed by atoms with E-state index in [0.717, 1.165) is 16.5 Å². The number of carbonyl (C=O) groups is 2. The third kappa shape index (κ3) is 2.42. The van der Waals surface area contributed by atoms with E-state index < -0.39 is 5.92 Å². The second-order valence-corrected chi connectivity index (χ2v) is 6.87. The highest BCUT2D eigenvalue weighted by Gasteiger charge is 2.42. The minimum absolute atomic E-state index is 0.117. The summed E-state index contributed by atoms with van der Waals surface area (Å²) in [7, 11) is 0. The third-order valence-corrected chi connectivity index (χ3v) is 5.19. The lowest BCUT2D eigenvalue weighted by molar-refractivity contribution is 0.0886. The molecule has 0 bridgehead atoms. The summed E-state index contributed by atoms with van der Waals surface area (Å²) >= 11 is 0. The van der Waals surface area contributed by atoms with Crippen LogP contribution >= 0.6 is 0 Å². The molecule has 0 saturated heterocycles. The summed E-state index contributed by atoms with van der Waals surface area (Å²) < 4.78 is 0. The fourth-order valence-electron chi connectivity index (χ4n) is 3.78. The Morgan fingerprint density at radius 2 is 1.43 bits per heavy atom. The molecule has 4 heteroatoms. The standard InChI is InChI=1S/C24H15NO3/c26-20-13-16-8-4-5-9-19(16)25-22(20)21-23(27)17-11-10-15(12-18(17)24(21)28)14-6-2-1-3-7-14/h1-13,21,26H. The maximum absolute atomic E-state index is 13.1. The van der Waals surface area contributed by atoms with Gasteiger partial charge in [-0.05, 0) is 29.3 Å². The molecule has 1 aliphatic rings. The fourth-order valence-corrected chi connectivity index (χ4v) is 3.78. The molecule has 28 heavy (non-hydrogen) atoms. The van der Waals surface area contributed by atoms with Crippen LogP contribution in [0, 0.1) is 0 Å². The van der Waals surface area contributed by atoms with E-state index in [1.54, 1.807) is 24.3 Å². The van der Waals surface area contributed by atoms with Crippen molar-refractivity contribution < 1.29 is 14.7 Å². The topological polar surface area (TPSA) is 67.3 Å². The number of carbonyl (C=O) groups excluding carboxylic acids is 2. The van der Waals surface area contributed by atoms with Crippen LogP contribution in [0.25, 0.3) is 22.0 Å². The van der Waals surface area contributed by atoms with Gasteiger partial charge in [0.05, 0.1) is 5.52 Å². The molecular formula is C24H15NO3. The largest absolute Gasteiger partial charge is 0.506 e. The summed E-state index contributed by atoms with van der Waals surface area (Å²) in [6, 6.07) is 23.8. The molecule has 1 unspecified atom stereocenters. The number of hydrogen-bond acceptors (Lipinski definition) is 4. The molecule has 0 radical (unpaired) electrons. The smallest absolute Gasteiger partial charge is 0.180 e. The Morgan fingerprint density at radius 1 is 0.714 bits per heavy atom. The Morgan fingerprint density at radius 3 is 2.25 bits per heavy atom. The van der Waals surface area contributed by atoms with Gasteiger partial charge in [-0.3, -0.25) is 9.59 Å². The lowest BCUT2D eigenvalue weighted by atomic mass is 9.97. The second-order valence-electron chi connectivity index (χ2n) is 6.87. The molecule has 1 aliphatic carbocycles. The summed E-state index contributed by atoms with van der Waals surface area (Å²) in [5, 5.41) is 11.2. The van der Waals surface area contributed by atoms with Gasteiger partial charge >= 0.3 is 0 Å². The second kappa shape index (κ2) is 6.13. The summed E-state index contributed by atoms with van der Waals surface area (Å²) in [5.74, 6) is -1.89.